The smallest absolute Gasteiger partial charge is 0.163 e. The minimum atomic E-state index is 0.556. The van der Waals surface area contributed by atoms with E-state index in [0.717, 1.165) is 34.8 Å². The van der Waals surface area contributed by atoms with Crippen LogP contribution in [0.4, 0.5) is 0 Å². The van der Waals surface area contributed by atoms with Gasteiger partial charge in [-0.1, -0.05) is 6.07 Å². The highest BCUT2D eigenvalue weighted by molar-refractivity contribution is 6.17. The monoisotopic (exact) mass is 302 g/mol. The summed E-state index contributed by atoms with van der Waals surface area (Å²) in [5, 5.41) is 4.48. The molecule has 0 saturated heterocycles. The first kappa shape index (κ1) is 14.1. The van der Waals surface area contributed by atoms with Crippen molar-refractivity contribution in [1.82, 2.24) is 19.3 Å². The number of hydrogen-bond acceptors (Lipinski definition) is 2. The van der Waals surface area contributed by atoms with Crippen molar-refractivity contribution >= 4 is 22.8 Å². The summed E-state index contributed by atoms with van der Waals surface area (Å²) in [6.07, 6.45) is 0.739. The Morgan fingerprint density at radius 2 is 1.90 bits per heavy atom. The van der Waals surface area contributed by atoms with Crippen molar-refractivity contribution in [3.63, 3.8) is 0 Å². The highest BCUT2D eigenvalue weighted by Crippen LogP contribution is 2.25. The van der Waals surface area contributed by atoms with Gasteiger partial charge < -0.3 is 0 Å². The van der Waals surface area contributed by atoms with Gasteiger partial charge in [0, 0.05) is 25.0 Å². The van der Waals surface area contributed by atoms with Gasteiger partial charge in [0.25, 0.3) is 0 Å². The summed E-state index contributed by atoms with van der Waals surface area (Å²) in [7, 11) is 1.96. The second kappa shape index (κ2) is 5.19. The Hall–Kier alpha value is -1.81. The topological polar surface area (TPSA) is 35.6 Å². The number of imidazole rings is 1. The lowest BCUT2D eigenvalue weighted by Crippen LogP contribution is -2.06. The normalized spacial score (nSPS) is 11.5. The standard InChI is InChI=1S/C16H19ClN4/c1-10-5-6-13(9-11(10)2)21-14(7-8-17)18-15-12(3)19-20(4)16(15)21/h5-6,9H,7-8H2,1-4H3. The summed E-state index contributed by atoms with van der Waals surface area (Å²) < 4.78 is 4.06. The van der Waals surface area contributed by atoms with Gasteiger partial charge in [-0.15, -0.1) is 11.6 Å². The first-order valence-electron chi connectivity index (χ1n) is 7.07. The van der Waals surface area contributed by atoms with Crippen LogP contribution in [0.1, 0.15) is 22.6 Å². The molecular formula is C16H19ClN4. The lowest BCUT2D eigenvalue weighted by molar-refractivity contribution is 0.750. The second-order valence-corrected chi connectivity index (χ2v) is 5.83. The maximum absolute atomic E-state index is 5.95. The molecule has 110 valence electrons. The highest BCUT2D eigenvalue weighted by atomic mass is 35.5. The quantitative estimate of drug-likeness (QED) is 0.695. The van der Waals surface area contributed by atoms with Gasteiger partial charge in [-0.05, 0) is 44.0 Å². The third kappa shape index (κ3) is 2.23. The van der Waals surface area contributed by atoms with Crippen LogP contribution in [0.3, 0.4) is 0 Å². The molecule has 0 spiro atoms. The van der Waals surface area contributed by atoms with Crippen molar-refractivity contribution in [2.24, 2.45) is 7.05 Å². The van der Waals surface area contributed by atoms with Gasteiger partial charge in [0.15, 0.2) is 5.65 Å². The first-order chi connectivity index (χ1) is 10.0. The predicted molar refractivity (Wildman–Crippen MR) is 86.5 cm³/mol. The fourth-order valence-corrected chi connectivity index (χ4v) is 2.87. The highest BCUT2D eigenvalue weighted by Gasteiger charge is 2.18. The van der Waals surface area contributed by atoms with E-state index in [4.69, 9.17) is 16.6 Å². The lowest BCUT2D eigenvalue weighted by atomic mass is 10.1. The van der Waals surface area contributed by atoms with Crippen LogP contribution in [0.5, 0.6) is 0 Å². The van der Waals surface area contributed by atoms with Crippen LogP contribution in [0, 0.1) is 20.8 Å². The van der Waals surface area contributed by atoms with Gasteiger partial charge in [0.1, 0.15) is 11.3 Å². The zero-order valence-electron chi connectivity index (χ0n) is 12.8. The number of fused-ring (bicyclic) bond motifs is 1. The summed E-state index contributed by atoms with van der Waals surface area (Å²) in [6, 6.07) is 6.46. The van der Waals surface area contributed by atoms with Crippen molar-refractivity contribution in [3.05, 3.63) is 40.8 Å². The van der Waals surface area contributed by atoms with Crippen LogP contribution in [-0.4, -0.2) is 25.2 Å². The summed E-state index contributed by atoms with van der Waals surface area (Å²) in [5.41, 5.74) is 6.60. The van der Waals surface area contributed by atoms with Crippen LogP contribution in [0.2, 0.25) is 0 Å². The molecule has 2 aromatic heterocycles. The molecule has 3 rings (SSSR count). The molecule has 0 radical (unpaired) electrons. The molecule has 0 atom stereocenters. The number of alkyl halides is 1. The average molecular weight is 303 g/mol. The van der Waals surface area contributed by atoms with E-state index in [9.17, 15) is 0 Å². The Morgan fingerprint density at radius 3 is 2.57 bits per heavy atom. The van der Waals surface area contributed by atoms with Gasteiger partial charge in [-0.2, -0.15) is 5.10 Å². The van der Waals surface area contributed by atoms with E-state index < -0.39 is 0 Å². The molecule has 0 aliphatic rings. The Morgan fingerprint density at radius 1 is 1.14 bits per heavy atom. The second-order valence-electron chi connectivity index (χ2n) is 5.45. The van der Waals surface area contributed by atoms with Crippen LogP contribution < -0.4 is 0 Å². The van der Waals surface area contributed by atoms with E-state index in [2.05, 4.69) is 41.7 Å². The molecule has 0 aliphatic carbocycles. The molecule has 0 saturated carbocycles. The van der Waals surface area contributed by atoms with Crippen LogP contribution in [0.25, 0.3) is 16.9 Å². The number of hydrogen-bond donors (Lipinski definition) is 0. The SMILES string of the molecule is Cc1ccc(-n2c(CCCl)nc3c(C)nn(C)c32)cc1C. The Labute approximate surface area is 129 Å². The molecule has 0 unspecified atom stereocenters. The van der Waals surface area contributed by atoms with Crippen LogP contribution >= 0.6 is 11.6 Å². The number of benzene rings is 1. The third-order valence-corrected chi connectivity index (χ3v) is 4.13. The predicted octanol–water partition coefficient (Wildman–Crippen LogP) is 3.47. The van der Waals surface area contributed by atoms with E-state index >= 15 is 0 Å². The minimum Gasteiger partial charge on any atom is -0.281 e. The zero-order valence-corrected chi connectivity index (χ0v) is 13.6. The Balaban J connectivity index is 2.32. The lowest BCUT2D eigenvalue weighted by Gasteiger charge is -2.11. The van der Waals surface area contributed by atoms with Gasteiger partial charge >= 0.3 is 0 Å². The number of halogens is 1. The molecule has 21 heavy (non-hydrogen) atoms. The minimum absolute atomic E-state index is 0.556. The maximum Gasteiger partial charge on any atom is 0.163 e. The third-order valence-electron chi connectivity index (χ3n) is 3.94. The van der Waals surface area contributed by atoms with E-state index in [1.54, 1.807) is 0 Å². The van der Waals surface area contributed by atoms with Gasteiger partial charge in [0.05, 0.1) is 5.69 Å². The van der Waals surface area contributed by atoms with Crippen molar-refractivity contribution in [3.8, 4) is 5.69 Å². The summed E-state index contributed by atoms with van der Waals surface area (Å²) in [6.45, 7) is 6.24. The molecule has 1 aromatic carbocycles. The van der Waals surface area contributed by atoms with Crippen LogP contribution in [-0.2, 0) is 13.5 Å². The van der Waals surface area contributed by atoms with E-state index in [1.165, 1.54) is 11.1 Å². The summed E-state index contributed by atoms with van der Waals surface area (Å²) in [4.78, 5) is 4.75. The fraction of sp³-hybridized carbons (Fsp3) is 0.375. The largest absolute Gasteiger partial charge is 0.281 e. The summed E-state index contributed by atoms with van der Waals surface area (Å²) in [5.74, 6) is 1.54. The number of nitrogens with zero attached hydrogens (tertiary/aromatic N) is 4. The number of aromatic nitrogens is 4. The van der Waals surface area contributed by atoms with E-state index in [1.807, 2.05) is 18.7 Å². The van der Waals surface area contributed by atoms with Crippen molar-refractivity contribution < 1.29 is 0 Å². The van der Waals surface area contributed by atoms with E-state index in [-0.39, 0.29) is 0 Å². The Bertz CT molecular complexity index is 813. The van der Waals surface area contributed by atoms with Crippen molar-refractivity contribution in [1.29, 1.82) is 0 Å². The molecule has 0 N–H and O–H groups in total. The number of aryl methyl sites for hydroxylation is 5. The molecule has 5 heteroatoms. The number of rotatable bonds is 3. The molecule has 0 fully saturated rings. The van der Waals surface area contributed by atoms with Crippen molar-refractivity contribution in [2.75, 3.05) is 5.88 Å². The maximum atomic E-state index is 5.95. The first-order valence-corrected chi connectivity index (χ1v) is 7.61. The zero-order chi connectivity index (χ0) is 15.1. The molecular weight excluding hydrogens is 284 g/mol. The molecule has 0 bridgehead atoms. The average Bonchev–Trinajstić information content (AvgIpc) is 2.93. The fourth-order valence-electron chi connectivity index (χ4n) is 2.71. The van der Waals surface area contributed by atoms with E-state index in [0.29, 0.717) is 5.88 Å². The Kier molecular flexibility index (Phi) is 3.49. The molecule has 0 aliphatic heterocycles. The summed E-state index contributed by atoms with van der Waals surface area (Å²) >= 11 is 5.95. The molecule has 2 heterocycles. The van der Waals surface area contributed by atoms with Gasteiger partial charge in [-0.3, -0.25) is 4.57 Å². The van der Waals surface area contributed by atoms with Gasteiger partial charge in [-0.25, -0.2) is 9.67 Å². The van der Waals surface area contributed by atoms with Crippen molar-refractivity contribution in [2.45, 2.75) is 27.2 Å². The molecule has 4 nitrogen and oxygen atoms in total. The van der Waals surface area contributed by atoms with Crippen LogP contribution in [0.15, 0.2) is 18.2 Å². The molecule has 3 aromatic rings. The van der Waals surface area contributed by atoms with Gasteiger partial charge in [0.2, 0.25) is 0 Å². The molecule has 0 amide bonds.